The van der Waals surface area contributed by atoms with Crippen LogP contribution in [0, 0.1) is 25.2 Å². The summed E-state index contributed by atoms with van der Waals surface area (Å²) in [5.41, 5.74) is 7.68. The number of nitriles is 1. The lowest BCUT2D eigenvalue weighted by molar-refractivity contribution is 0.113. The molecule has 1 aromatic rings. The van der Waals surface area contributed by atoms with E-state index >= 15 is 0 Å². The van der Waals surface area contributed by atoms with Gasteiger partial charge in [-0.3, -0.25) is 0 Å². The molecular formula is C12H16N2O2. The van der Waals surface area contributed by atoms with Crippen LogP contribution in [0.2, 0.25) is 0 Å². The van der Waals surface area contributed by atoms with Crippen molar-refractivity contribution in [2.75, 3.05) is 13.2 Å². The molecule has 0 aromatic heterocycles. The van der Waals surface area contributed by atoms with Crippen LogP contribution in [0.3, 0.4) is 0 Å². The van der Waals surface area contributed by atoms with Crippen LogP contribution in [-0.2, 0) is 0 Å². The minimum atomic E-state index is -0.658. The minimum Gasteiger partial charge on any atom is -0.490 e. The van der Waals surface area contributed by atoms with Crippen LogP contribution in [0.25, 0.3) is 0 Å². The van der Waals surface area contributed by atoms with Crippen molar-refractivity contribution in [3.63, 3.8) is 0 Å². The van der Waals surface area contributed by atoms with Crippen molar-refractivity contribution >= 4 is 0 Å². The summed E-state index contributed by atoms with van der Waals surface area (Å²) in [4.78, 5) is 0. The summed E-state index contributed by atoms with van der Waals surface area (Å²) in [5.74, 6) is 0.714. The Balaban J connectivity index is 2.85. The molecule has 0 aliphatic rings. The Bertz CT molecular complexity index is 387. The molecule has 1 rings (SSSR count). The lowest BCUT2D eigenvalue weighted by Crippen LogP contribution is -2.26. The third-order valence-electron chi connectivity index (χ3n) is 2.28. The molecule has 4 heteroatoms. The summed E-state index contributed by atoms with van der Waals surface area (Å²) in [7, 11) is 0. The fourth-order valence-corrected chi connectivity index (χ4v) is 1.49. The SMILES string of the molecule is Cc1cc(C#N)cc(C)c1OCC(O)CN. The highest BCUT2D eigenvalue weighted by Gasteiger charge is 2.08. The molecule has 1 aromatic carbocycles. The maximum Gasteiger partial charge on any atom is 0.125 e. The molecule has 1 unspecified atom stereocenters. The van der Waals surface area contributed by atoms with Crippen molar-refractivity contribution < 1.29 is 9.84 Å². The van der Waals surface area contributed by atoms with Gasteiger partial charge in [0, 0.05) is 6.54 Å². The van der Waals surface area contributed by atoms with Gasteiger partial charge in [-0.15, -0.1) is 0 Å². The van der Waals surface area contributed by atoms with E-state index in [9.17, 15) is 5.11 Å². The van der Waals surface area contributed by atoms with Crippen molar-refractivity contribution in [1.29, 1.82) is 5.26 Å². The van der Waals surface area contributed by atoms with Gasteiger partial charge < -0.3 is 15.6 Å². The monoisotopic (exact) mass is 220 g/mol. The second-order valence-electron chi connectivity index (χ2n) is 3.75. The summed E-state index contributed by atoms with van der Waals surface area (Å²) in [6.07, 6.45) is -0.658. The predicted molar refractivity (Wildman–Crippen MR) is 61.2 cm³/mol. The normalized spacial score (nSPS) is 11.9. The first kappa shape index (κ1) is 12.5. The van der Waals surface area contributed by atoms with Gasteiger partial charge in [0.25, 0.3) is 0 Å². The minimum absolute atomic E-state index is 0.171. The van der Waals surface area contributed by atoms with Crippen LogP contribution in [-0.4, -0.2) is 24.4 Å². The topological polar surface area (TPSA) is 79.3 Å². The van der Waals surface area contributed by atoms with Crippen molar-refractivity contribution in [3.8, 4) is 11.8 Å². The lowest BCUT2D eigenvalue weighted by atomic mass is 10.1. The molecule has 86 valence electrons. The van der Waals surface area contributed by atoms with E-state index in [0.29, 0.717) is 11.3 Å². The molecule has 16 heavy (non-hydrogen) atoms. The van der Waals surface area contributed by atoms with Crippen LogP contribution < -0.4 is 10.5 Å². The molecule has 0 aliphatic carbocycles. The third kappa shape index (κ3) is 2.96. The molecular weight excluding hydrogens is 204 g/mol. The molecule has 4 nitrogen and oxygen atoms in total. The number of aliphatic hydroxyl groups excluding tert-OH is 1. The first-order chi connectivity index (χ1) is 7.58. The summed E-state index contributed by atoms with van der Waals surface area (Å²) in [6.45, 7) is 4.09. The highest BCUT2D eigenvalue weighted by molar-refractivity contribution is 5.47. The average molecular weight is 220 g/mol. The Kier molecular flexibility index (Phi) is 4.29. The molecule has 0 saturated carbocycles. The van der Waals surface area contributed by atoms with E-state index in [2.05, 4.69) is 6.07 Å². The summed E-state index contributed by atoms with van der Waals surface area (Å²) in [6, 6.07) is 5.61. The number of ether oxygens (including phenoxy) is 1. The van der Waals surface area contributed by atoms with Crippen molar-refractivity contribution in [2.45, 2.75) is 20.0 Å². The van der Waals surface area contributed by atoms with E-state index in [1.165, 1.54) is 0 Å². The third-order valence-corrected chi connectivity index (χ3v) is 2.28. The van der Waals surface area contributed by atoms with Gasteiger partial charge in [0.15, 0.2) is 0 Å². The van der Waals surface area contributed by atoms with Crippen LogP contribution in [0.5, 0.6) is 5.75 Å². The molecule has 0 radical (unpaired) electrons. The number of aryl methyl sites for hydroxylation is 2. The Morgan fingerprint density at radius 3 is 2.44 bits per heavy atom. The van der Waals surface area contributed by atoms with Crippen molar-refractivity contribution in [3.05, 3.63) is 28.8 Å². The highest BCUT2D eigenvalue weighted by Crippen LogP contribution is 2.24. The van der Waals surface area contributed by atoms with Gasteiger partial charge >= 0.3 is 0 Å². The fraction of sp³-hybridized carbons (Fsp3) is 0.417. The molecule has 0 heterocycles. The van der Waals surface area contributed by atoms with E-state index in [-0.39, 0.29) is 13.2 Å². The average Bonchev–Trinajstić information content (AvgIpc) is 2.27. The van der Waals surface area contributed by atoms with Gasteiger partial charge in [0.2, 0.25) is 0 Å². The van der Waals surface area contributed by atoms with Gasteiger partial charge in [-0.1, -0.05) is 0 Å². The zero-order chi connectivity index (χ0) is 12.1. The van der Waals surface area contributed by atoms with Crippen LogP contribution in [0.4, 0.5) is 0 Å². The zero-order valence-corrected chi connectivity index (χ0v) is 9.53. The van der Waals surface area contributed by atoms with Gasteiger partial charge in [-0.05, 0) is 37.1 Å². The molecule has 0 aliphatic heterocycles. The van der Waals surface area contributed by atoms with E-state index in [1.807, 2.05) is 13.8 Å². The van der Waals surface area contributed by atoms with E-state index < -0.39 is 6.10 Å². The number of aliphatic hydroxyl groups is 1. The van der Waals surface area contributed by atoms with E-state index in [4.69, 9.17) is 15.7 Å². The van der Waals surface area contributed by atoms with Gasteiger partial charge in [0.05, 0.1) is 11.6 Å². The smallest absolute Gasteiger partial charge is 0.125 e. The van der Waals surface area contributed by atoms with Crippen molar-refractivity contribution in [1.82, 2.24) is 0 Å². The second-order valence-corrected chi connectivity index (χ2v) is 3.75. The van der Waals surface area contributed by atoms with Crippen LogP contribution >= 0.6 is 0 Å². The fourth-order valence-electron chi connectivity index (χ4n) is 1.49. The van der Waals surface area contributed by atoms with Crippen molar-refractivity contribution in [2.24, 2.45) is 5.73 Å². The predicted octanol–water partition coefficient (Wildman–Crippen LogP) is 0.874. The molecule has 3 N–H and O–H groups in total. The standard InChI is InChI=1S/C12H16N2O2/c1-8-3-10(5-13)4-9(2)12(8)16-7-11(15)6-14/h3-4,11,15H,6-7,14H2,1-2H3. The summed E-state index contributed by atoms with van der Waals surface area (Å²) < 4.78 is 5.48. The number of benzene rings is 1. The number of hydrogen-bond donors (Lipinski definition) is 2. The van der Waals surface area contributed by atoms with Gasteiger partial charge in [-0.25, -0.2) is 0 Å². The lowest BCUT2D eigenvalue weighted by Gasteiger charge is -2.14. The molecule has 0 bridgehead atoms. The number of hydrogen-bond acceptors (Lipinski definition) is 4. The number of rotatable bonds is 4. The molecule has 0 amide bonds. The Morgan fingerprint density at radius 2 is 2.00 bits per heavy atom. The maximum absolute atomic E-state index is 9.30. The molecule has 0 saturated heterocycles. The number of nitrogens with two attached hydrogens (primary N) is 1. The highest BCUT2D eigenvalue weighted by atomic mass is 16.5. The first-order valence-corrected chi connectivity index (χ1v) is 5.10. The Labute approximate surface area is 95.3 Å². The molecule has 0 spiro atoms. The van der Waals surface area contributed by atoms with Crippen LogP contribution in [0.1, 0.15) is 16.7 Å². The largest absolute Gasteiger partial charge is 0.490 e. The number of nitrogens with zero attached hydrogens (tertiary/aromatic N) is 1. The Hall–Kier alpha value is -1.57. The summed E-state index contributed by atoms with van der Waals surface area (Å²) >= 11 is 0. The Morgan fingerprint density at radius 1 is 1.44 bits per heavy atom. The summed E-state index contributed by atoms with van der Waals surface area (Å²) in [5, 5.41) is 18.1. The molecule has 1 atom stereocenters. The second kappa shape index (κ2) is 5.50. The van der Waals surface area contributed by atoms with E-state index in [0.717, 1.165) is 11.1 Å². The van der Waals surface area contributed by atoms with Crippen LogP contribution in [0.15, 0.2) is 12.1 Å². The maximum atomic E-state index is 9.30. The van der Waals surface area contributed by atoms with E-state index in [1.54, 1.807) is 12.1 Å². The quantitative estimate of drug-likeness (QED) is 0.789. The van der Waals surface area contributed by atoms with Gasteiger partial charge in [0.1, 0.15) is 18.5 Å². The molecule has 0 fully saturated rings. The van der Waals surface area contributed by atoms with Gasteiger partial charge in [-0.2, -0.15) is 5.26 Å². The zero-order valence-electron chi connectivity index (χ0n) is 9.53. The first-order valence-electron chi connectivity index (χ1n) is 5.10.